The number of nitrogens with zero attached hydrogens (tertiary/aromatic N) is 1. The molecule has 1 aliphatic carbocycles. The quantitative estimate of drug-likeness (QED) is 0.706. The second-order valence-electron chi connectivity index (χ2n) is 4.68. The Bertz CT molecular complexity index is 287. The Hall–Kier alpha value is -1.10. The van der Waals surface area contributed by atoms with Crippen LogP contribution < -0.4 is 5.32 Å². The molecule has 1 atom stereocenters. The van der Waals surface area contributed by atoms with Crippen LogP contribution in [-0.2, 0) is 9.59 Å². The van der Waals surface area contributed by atoms with E-state index in [0.717, 1.165) is 12.8 Å². The summed E-state index contributed by atoms with van der Waals surface area (Å²) in [6.07, 6.45) is 5.85. The zero-order chi connectivity index (χ0) is 11.5. The lowest BCUT2D eigenvalue weighted by molar-refractivity contribution is -0.145. The van der Waals surface area contributed by atoms with Crippen molar-refractivity contribution in [3.63, 3.8) is 0 Å². The molecule has 0 spiro atoms. The number of amides is 1. The molecule has 90 valence electrons. The zero-order valence-electron chi connectivity index (χ0n) is 9.32. The van der Waals surface area contributed by atoms with E-state index in [2.05, 4.69) is 5.32 Å². The molecule has 2 N–H and O–H groups in total. The van der Waals surface area contributed by atoms with Gasteiger partial charge in [-0.2, -0.15) is 0 Å². The summed E-state index contributed by atoms with van der Waals surface area (Å²) in [6.45, 7) is 0.806. The van der Waals surface area contributed by atoms with Crippen LogP contribution in [0.4, 0.5) is 0 Å². The highest BCUT2D eigenvalue weighted by molar-refractivity contribution is 5.86. The predicted octanol–water partition coefficient (Wildman–Crippen LogP) is 0.204. The molecule has 2 fully saturated rings. The SMILES string of the molecule is O=C1CN(C2CCCCC2)CC(C(=O)O)N1. The maximum Gasteiger partial charge on any atom is 0.327 e. The molecular formula is C11H18N2O3. The highest BCUT2D eigenvalue weighted by Gasteiger charge is 2.33. The van der Waals surface area contributed by atoms with Crippen LogP contribution in [0.15, 0.2) is 0 Å². The van der Waals surface area contributed by atoms with Crippen LogP contribution in [-0.4, -0.2) is 47.1 Å². The number of rotatable bonds is 2. The third-order valence-corrected chi connectivity index (χ3v) is 3.49. The van der Waals surface area contributed by atoms with Gasteiger partial charge in [-0.05, 0) is 12.8 Å². The fourth-order valence-corrected chi connectivity index (χ4v) is 2.63. The number of hydrogen-bond acceptors (Lipinski definition) is 3. The Morgan fingerprint density at radius 1 is 1.31 bits per heavy atom. The summed E-state index contributed by atoms with van der Waals surface area (Å²) in [4.78, 5) is 24.3. The van der Waals surface area contributed by atoms with Crippen molar-refractivity contribution >= 4 is 11.9 Å². The van der Waals surface area contributed by atoms with Crippen LogP contribution in [0.1, 0.15) is 32.1 Å². The van der Waals surface area contributed by atoms with Gasteiger partial charge < -0.3 is 10.4 Å². The van der Waals surface area contributed by atoms with E-state index in [9.17, 15) is 9.59 Å². The van der Waals surface area contributed by atoms with Gasteiger partial charge in [0.25, 0.3) is 0 Å². The van der Waals surface area contributed by atoms with Crippen molar-refractivity contribution in [3.8, 4) is 0 Å². The molecule has 0 aromatic carbocycles. The van der Waals surface area contributed by atoms with Crippen molar-refractivity contribution in [3.05, 3.63) is 0 Å². The second kappa shape index (κ2) is 4.82. The maximum atomic E-state index is 11.4. The minimum atomic E-state index is -0.936. The lowest BCUT2D eigenvalue weighted by atomic mass is 9.93. The van der Waals surface area contributed by atoms with E-state index < -0.39 is 12.0 Å². The summed E-state index contributed by atoms with van der Waals surface area (Å²) < 4.78 is 0. The lowest BCUT2D eigenvalue weighted by Crippen LogP contribution is -2.59. The first-order valence-corrected chi connectivity index (χ1v) is 5.93. The fraction of sp³-hybridized carbons (Fsp3) is 0.818. The Kier molecular flexibility index (Phi) is 3.43. The van der Waals surface area contributed by atoms with Gasteiger partial charge in [-0.25, -0.2) is 4.79 Å². The Morgan fingerprint density at radius 3 is 2.62 bits per heavy atom. The van der Waals surface area contributed by atoms with E-state index in [0.29, 0.717) is 19.1 Å². The van der Waals surface area contributed by atoms with Gasteiger partial charge in [0.1, 0.15) is 6.04 Å². The van der Waals surface area contributed by atoms with Crippen LogP contribution in [0.5, 0.6) is 0 Å². The minimum Gasteiger partial charge on any atom is -0.480 e. The van der Waals surface area contributed by atoms with Crippen molar-refractivity contribution in [2.45, 2.75) is 44.2 Å². The summed E-state index contributed by atoms with van der Waals surface area (Å²) in [5, 5.41) is 11.4. The largest absolute Gasteiger partial charge is 0.480 e. The first-order chi connectivity index (χ1) is 7.66. The first kappa shape index (κ1) is 11.4. The smallest absolute Gasteiger partial charge is 0.327 e. The molecule has 1 heterocycles. The molecule has 1 amide bonds. The standard InChI is InChI=1S/C11H18N2O3/c14-10-7-13(6-9(12-10)11(15)16)8-4-2-1-3-5-8/h8-9H,1-7H2,(H,12,14)(H,15,16). The molecule has 2 aliphatic rings. The molecule has 0 radical (unpaired) electrons. The Labute approximate surface area is 94.8 Å². The fourth-order valence-electron chi connectivity index (χ4n) is 2.63. The second-order valence-corrected chi connectivity index (χ2v) is 4.68. The predicted molar refractivity (Wildman–Crippen MR) is 58.0 cm³/mol. The molecule has 5 nitrogen and oxygen atoms in total. The number of hydrogen-bond donors (Lipinski definition) is 2. The van der Waals surface area contributed by atoms with Crippen molar-refractivity contribution in [2.24, 2.45) is 0 Å². The molecule has 2 rings (SSSR count). The van der Waals surface area contributed by atoms with Crippen LogP contribution in [0.3, 0.4) is 0 Å². The van der Waals surface area contributed by atoms with E-state index in [1.807, 2.05) is 4.90 Å². The molecule has 1 saturated carbocycles. The molecule has 0 aromatic heterocycles. The van der Waals surface area contributed by atoms with Gasteiger partial charge in [0.05, 0.1) is 6.54 Å². The summed E-state index contributed by atoms with van der Waals surface area (Å²) >= 11 is 0. The Morgan fingerprint density at radius 2 is 2.00 bits per heavy atom. The van der Waals surface area contributed by atoms with Gasteiger partial charge in [-0.15, -0.1) is 0 Å². The zero-order valence-corrected chi connectivity index (χ0v) is 9.32. The number of nitrogens with one attached hydrogen (secondary N) is 1. The molecule has 5 heteroatoms. The molecule has 0 aromatic rings. The molecule has 1 saturated heterocycles. The van der Waals surface area contributed by atoms with Gasteiger partial charge in [0, 0.05) is 12.6 Å². The van der Waals surface area contributed by atoms with Crippen molar-refractivity contribution < 1.29 is 14.7 Å². The molecular weight excluding hydrogens is 208 g/mol. The van der Waals surface area contributed by atoms with Crippen LogP contribution in [0.2, 0.25) is 0 Å². The monoisotopic (exact) mass is 226 g/mol. The number of carbonyl (C=O) groups excluding carboxylic acids is 1. The van der Waals surface area contributed by atoms with E-state index in [1.54, 1.807) is 0 Å². The van der Waals surface area contributed by atoms with Gasteiger partial charge in [0.2, 0.25) is 5.91 Å². The highest BCUT2D eigenvalue weighted by atomic mass is 16.4. The summed E-state index contributed by atoms with van der Waals surface area (Å²) in [7, 11) is 0. The minimum absolute atomic E-state index is 0.163. The van der Waals surface area contributed by atoms with Crippen molar-refractivity contribution in [1.29, 1.82) is 0 Å². The molecule has 0 bridgehead atoms. The number of carboxylic acids is 1. The summed E-state index contributed by atoms with van der Waals surface area (Å²) in [5.41, 5.74) is 0. The van der Waals surface area contributed by atoms with Crippen LogP contribution in [0.25, 0.3) is 0 Å². The normalized spacial score (nSPS) is 28.8. The van der Waals surface area contributed by atoms with Gasteiger partial charge in [0.15, 0.2) is 0 Å². The number of carbonyl (C=O) groups is 2. The molecule has 1 unspecified atom stereocenters. The number of piperazine rings is 1. The van der Waals surface area contributed by atoms with E-state index in [-0.39, 0.29) is 5.91 Å². The lowest BCUT2D eigenvalue weighted by Gasteiger charge is -2.38. The average Bonchev–Trinajstić information content (AvgIpc) is 2.29. The number of aliphatic carboxylic acids is 1. The van der Waals surface area contributed by atoms with Crippen molar-refractivity contribution in [1.82, 2.24) is 10.2 Å². The maximum absolute atomic E-state index is 11.4. The Balaban J connectivity index is 1.97. The van der Waals surface area contributed by atoms with Gasteiger partial charge >= 0.3 is 5.97 Å². The summed E-state index contributed by atoms with van der Waals surface area (Å²) in [6, 6.07) is -0.329. The van der Waals surface area contributed by atoms with Crippen LogP contribution in [0, 0.1) is 0 Å². The highest BCUT2D eigenvalue weighted by Crippen LogP contribution is 2.23. The first-order valence-electron chi connectivity index (χ1n) is 5.93. The van der Waals surface area contributed by atoms with Crippen LogP contribution >= 0.6 is 0 Å². The van der Waals surface area contributed by atoms with Crippen molar-refractivity contribution in [2.75, 3.05) is 13.1 Å². The molecule has 16 heavy (non-hydrogen) atoms. The number of carboxylic acid groups (broad SMARTS) is 1. The molecule has 1 aliphatic heterocycles. The third kappa shape index (κ3) is 2.52. The summed E-state index contributed by atoms with van der Waals surface area (Å²) in [5.74, 6) is -1.10. The third-order valence-electron chi connectivity index (χ3n) is 3.49. The van der Waals surface area contributed by atoms with E-state index in [1.165, 1.54) is 19.3 Å². The topological polar surface area (TPSA) is 69.6 Å². The van der Waals surface area contributed by atoms with Gasteiger partial charge in [-0.1, -0.05) is 19.3 Å². The van der Waals surface area contributed by atoms with Gasteiger partial charge in [-0.3, -0.25) is 9.69 Å². The van der Waals surface area contributed by atoms with E-state index in [4.69, 9.17) is 5.11 Å². The average molecular weight is 226 g/mol. The van der Waals surface area contributed by atoms with E-state index >= 15 is 0 Å².